The number of carbonyl (C=O) groups is 2. The quantitative estimate of drug-likeness (QED) is 0.674. The van der Waals surface area contributed by atoms with Gasteiger partial charge in [0.1, 0.15) is 17.4 Å². The molecule has 0 fully saturated rings. The van der Waals surface area contributed by atoms with Crippen LogP contribution in [0, 0.1) is 5.92 Å². The summed E-state index contributed by atoms with van der Waals surface area (Å²) in [5.74, 6) is -1.18. The largest absolute Gasteiger partial charge is 0.497 e. The molecular weight excluding hydrogens is 310 g/mol. The molecule has 3 rings (SSSR count). The molecule has 6 nitrogen and oxygen atoms in total. The SMILES string of the molecule is CCOC(=O)[C@@H]1C(=O)c2cc(OC)cc(OC)c2[C@H]1c1ccc[nH]1. The number of carbonyl (C=O) groups excluding carboxylic acids is 2. The Bertz CT molecular complexity index is 766. The van der Waals surface area contributed by atoms with Crippen molar-refractivity contribution in [1.82, 2.24) is 4.98 Å². The van der Waals surface area contributed by atoms with Crippen LogP contribution in [0.15, 0.2) is 30.5 Å². The molecule has 1 N–H and O–H groups in total. The van der Waals surface area contributed by atoms with Gasteiger partial charge in [-0.15, -0.1) is 0 Å². The van der Waals surface area contributed by atoms with E-state index in [0.717, 1.165) is 5.69 Å². The minimum Gasteiger partial charge on any atom is -0.497 e. The van der Waals surface area contributed by atoms with E-state index in [9.17, 15) is 9.59 Å². The highest BCUT2D eigenvalue weighted by molar-refractivity contribution is 6.14. The zero-order valence-electron chi connectivity index (χ0n) is 13.8. The summed E-state index contributed by atoms with van der Waals surface area (Å²) in [7, 11) is 3.05. The third-order valence-electron chi connectivity index (χ3n) is 4.26. The average Bonchev–Trinajstić information content (AvgIpc) is 3.20. The summed E-state index contributed by atoms with van der Waals surface area (Å²) in [6, 6.07) is 7.05. The highest BCUT2D eigenvalue weighted by Crippen LogP contribution is 2.48. The lowest BCUT2D eigenvalue weighted by Crippen LogP contribution is -2.27. The van der Waals surface area contributed by atoms with E-state index in [1.54, 1.807) is 25.3 Å². The van der Waals surface area contributed by atoms with E-state index < -0.39 is 17.8 Å². The fourth-order valence-electron chi connectivity index (χ4n) is 3.25. The number of hydrogen-bond donors (Lipinski definition) is 1. The molecule has 0 spiro atoms. The Hall–Kier alpha value is -2.76. The highest BCUT2D eigenvalue weighted by Gasteiger charge is 2.48. The van der Waals surface area contributed by atoms with Gasteiger partial charge in [0.2, 0.25) is 0 Å². The van der Waals surface area contributed by atoms with Crippen LogP contribution in [0.2, 0.25) is 0 Å². The van der Waals surface area contributed by atoms with Crippen LogP contribution in [-0.2, 0) is 9.53 Å². The zero-order valence-corrected chi connectivity index (χ0v) is 13.8. The summed E-state index contributed by atoms with van der Waals surface area (Å²) in [6.07, 6.45) is 1.76. The molecule has 1 aromatic carbocycles. The van der Waals surface area contributed by atoms with Gasteiger partial charge in [-0.25, -0.2) is 0 Å². The van der Waals surface area contributed by atoms with Gasteiger partial charge >= 0.3 is 5.97 Å². The summed E-state index contributed by atoms with van der Waals surface area (Å²) in [6.45, 7) is 1.94. The van der Waals surface area contributed by atoms with Crippen molar-refractivity contribution >= 4 is 11.8 Å². The molecule has 2 atom stereocenters. The van der Waals surface area contributed by atoms with Crippen LogP contribution < -0.4 is 9.47 Å². The van der Waals surface area contributed by atoms with Crippen molar-refractivity contribution < 1.29 is 23.8 Å². The number of benzene rings is 1. The van der Waals surface area contributed by atoms with Crippen molar-refractivity contribution in [2.45, 2.75) is 12.8 Å². The van der Waals surface area contributed by atoms with Crippen molar-refractivity contribution in [3.63, 3.8) is 0 Å². The predicted molar refractivity (Wildman–Crippen MR) is 86.6 cm³/mol. The summed E-state index contributed by atoms with van der Waals surface area (Å²) in [5.41, 5.74) is 1.89. The lowest BCUT2D eigenvalue weighted by atomic mass is 9.88. The number of aromatic nitrogens is 1. The van der Waals surface area contributed by atoms with E-state index in [1.165, 1.54) is 14.2 Å². The summed E-state index contributed by atoms with van der Waals surface area (Å²) >= 11 is 0. The smallest absolute Gasteiger partial charge is 0.317 e. The molecule has 0 aliphatic heterocycles. The Morgan fingerprint density at radius 3 is 2.62 bits per heavy atom. The topological polar surface area (TPSA) is 77.6 Å². The van der Waals surface area contributed by atoms with Gasteiger partial charge in [-0.05, 0) is 25.1 Å². The molecule has 2 aromatic rings. The number of H-pyrrole nitrogens is 1. The number of rotatable bonds is 5. The van der Waals surface area contributed by atoms with Crippen molar-refractivity contribution in [1.29, 1.82) is 0 Å². The van der Waals surface area contributed by atoms with Crippen LogP contribution in [0.25, 0.3) is 0 Å². The van der Waals surface area contributed by atoms with Gasteiger partial charge in [0.15, 0.2) is 5.78 Å². The maximum Gasteiger partial charge on any atom is 0.317 e. The maximum absolute atomic E-state index is 12.9. The Labute approximate surface area is 139 Å². The van der Waals surface area contributed by atoms with Gasteiger partial charge in [-0.1, -0.05) is 0 Å². The van der Waals surface area contributed by atoms with E-state index in [4.69, 9.17) is 14.2 Å². The predicted octanol–water partition coefficient (Wildman–Crippen LogP) is 2.54. The number of Topliss-reactive ketones (excluding diaryl/α,β-unsaturated/α-hetero) is 1. The van der Waals surface area contributed by atoms with Gasteiger partial charge in [0.05, 0.1) is 20.8 Å². The second kappa shape index (κ2) is 6.39. The molecule has 0 unspecified atom stereocenters. The van der Waals surface area contributed by atoms with Crippen LogP contribution in [0.3, 0.4) is 0 Å². The first kappa shape index (κ1) is 16.1. The number of hydrogen-bond acceptors (Lipinski definition) is 5. The number of nitrogens with one attached hydrogen (secondary N) is 1. The number of aromatic amines is 1. The second-order valence-corrected chi connectivity index (χ2v) is 5.49. The Kier molecular flexibility index (Phi) is 4.29. The van der Waals surface area contributed by atoms with Crippen LogP contribution in [0.5, 0.6) is 11.5 Å². The first-order valence-electron chi connectivity index (χ1n) is 7.72. The van der Waals surface area contributed by atoms with Crippen LogP contribution in [0.4, 0.5) is 0 Å². The van der Waals surface area contributed by atoms with Crippen molar-refractivity contribution in [3.8, 4) is 11.5 Å². The monoisotopic (exact) mass is 329 g/mol. The molecule has 0 radical (unpaired) electrons. The molecule has 1 aromatic heterocycles. The van der Waals surface area contributed by atoms with Crippen molar-refractivity contribution in [2.24, 2.45) is 5.92 Å². The number of ketones is 1. The number of ether oxygens (including phenoxy) is 3. The minimum atomic E-state index is -0.931. The number of methoxy groups -OCH3 is 2. The first-order valence-corrected chi connectivity index (χ1v) is 7.72. The molecule has 1 heterocycles. The van der Waals surface area contributed by atoms with Crippen molar-refractivity contribution in [2.75, 3.05) is 20.8 Å². The van der Waals surface area contributed by atoms with Crippen LogP contribution in [-0.4, -0.2) is 37.6 Å². The molecule has 0 amide bonds. The fourth-order valence-corrected chi connectivity index (χ4v) is 3.25. The third-order valence-corrected chi connectivity index (χ3v) is 4.26. The molecule has 0 bridgehead atoms. The van der Waals surface area contributed by atoms with Crippen LogP contribution in [0.1, 0.15) is 34.5 Å². The Morgan fingerprint density at radius 2 is 2.04 bits per heavy atom. The molecule has 1 aliphatic carbocycles. The second-order valence-electron chi connectivity index (χ2n) is 5.49. The lowest BCUT2D eigenvalue weighted by Gasteiger charge is -2.19. The summed E-state index contributed by atoms with van der Waals surface area (Å²) in [4.78, 5) is 28.5. The Morgan fingerprint density at radius 1 is 1.25 bits per heavy atom. The molecule has 126 valence electrons. The van der Waals surface area contributed by atoms with E-state index in [2.05, 4.69) is 4.98 Å². The Balaban J connectivity index is 2.20. The lowest BCUT2D eigenvalue weighted by molar-refractivity contribution is -0.146. The normalized spacial score (nSPS) is 19.0. The van der Waals surface area contributed by atoms with Gasteiger partial charge in [-0.2, -0.15) is 0 Å². The van der Waals surface area contributed by atoms with E-state index >= 15 is 0 Å². The molecular formula is C18H19NO5. The van der Waals surface area contributed by atoms with Gasteiger partial charge in [0, 0.05) is 35.0 Å². The van der Waals surface area contributed by atoms with Gasteiger partial charge in [0.25, 0.3) is 0 Å². The fraction of sp³-hybridized carbons (Fsp3) is 0.333. The maximum atomic E-state index is 12.9. The van der Waals surface area contributed by atoms with Gasteiger partial charge in [-0.3, -0.25) is 9.59 Å². The van der Waals surface area contributed by atoms with E-state index in [-0.39, 0.29) is 12.4 Å². The summed E-state index contributed by atoms with van der Waals surface area (Å²) in [5, 5.41) is 0. The van der Waals surface area contributed by atoms with Crippen LogP contribution >= 0.6 is 0 Å². The van der Waals surface area contributed by atoms with E-state index in [1.807, 2.05) is 12.1 Å². The third kappa shape index (κ3) is 2.44. The van der Waals surface area contributed by atoms with Gasteiger partial charge < -0.3 is 19.2 Å². The molecule has 0 saturated heterocycles. The van der Waals surface area contributed by atoms with E-state index in [0.29, 0.717) is 22.6 Å². The zero-order chi connectivity index (χ0) is 17.3. The number of fused-ring (bicyclic) bond motifs is 1. The van der Waals surface area contributed by atoms with Crippen molar-refractivity contribution in [3.05, 3.63) is 47.3 Å². The summed E-state index contributed by atoms with van der Waals surface area (Å²) < 4.78 is 15.8. The highest BCUT2D eigenvalue weighted by atomic mass is 16.5. The standard InChI is InChI=1S/C18H19NO5/c1-4-24-18(21)16-15(12-6-5-7-19-12)14-11(17(16)20)8-10(22-2)9-13(14)23-3/h5-9,15-16,19H,4H2,1-3H3/t15-,16+/m1/s1. The molecule has 6 heteroatoms. The molecule has 1 aliphatic rings. The molecule has 24 heavy (non-hydrogen) atoms. The molecule has 0 saturated carbocycles. The average molecular weight is 329 g/mol. The first-order chi connectivity index (χ1) is 11.6. The number of esters is 1. The minimum absolute atomic E-state index is 0.219.